The molecular formula is C26H19ClN2O4S. The highest BCUT2D eigenvalue weighted by molar-refractivity contribution is 8.19. The molecule has 0 unspecified atom stereocenters. The summed E-state index contributed by atoms with van der Waals surface area (Å²) in [6, 6.07) is 21.3. The highest BCUT2D eigenvalue weighted by atomic mass is 35.5. The second-order valence-corrected chi connectivity index (χ2v) is 8.62. The first kappa shape index (κ1) is 23.4. The molecule has 1 saturated heterocycles. The van der Waals surface area contributed by atoms with Gasteiger partial charge >= 0.3 is 0 Å². The average molecular weight is 491 g/mol. The third-order valence-electron chi connectivity index (χ3n) is 4.95. The van der Waals surface area contributed by atoms with Gasteiger partial charge in [0.15, 0.2) is 11.5 Å². The van der Waals surface area contributed by atoms with Gasteiger partial charge in [-0.3, -0.25) is 9.59 Å². The third kappa shape index (κ3) is 5.09. The van der Waals surface area contributed by atoms with Crippen LogP contribution in [0.2, 0.25) is 5.02 Å². The van der Waals surface area contributed by atoms with Crippen LogP contribution in [0, 0.1) is 11.3 Å². The Kier molecular flexibility index (Phi) is 7.21. The van der Waals surface area contributed by atoms with Gasteiger partial charge in [0, 0.05) is 10.6 Å². The number of carbonyl (C=O) groups excluding carboxylic acids is 2. The molecule has 8 heteroatoms. The van der Waals surface area contributed by atoms with Gasteiger partial charge in [-0.25, -0.2) is 4.90 Å². The van der Waals surface area contributed by atoms with Crippen molar-refractivity contribution in [3.8, 4) is 17.6 Å². The molecule has 170 valence electrons. The fraction of sp³-hybridized carbons (Fsp3) is 0.115. The Morgan fingerprint density at radius 1 is 1.03 bits per heavy atom. The first-order chi connectivity index (χ1) is 16.5. The van der Waals surface area contributed by atoms with Crippen LogP contribution < -0.4 is 14.4 Å². The zero-order chi connectivity index (χ0) is 24.1. The standard InChI is InChI=1S/C26H19ClN2O4S/c1-2-32-23-12-17(10-11-22(23)33-16-19-7-4-3-6-18(19)15-28)13-24-25(30)29(26(31)34-24)21-9-5-8-20(27)14-21/h3-14H,2,16H2,1H3/b24-13-. The Labute approximate surface area is 206 Å². The number of anilines is 1. The smallest absolute Gasteiger partial charge is 0.298 e. The van der Waals surface area contributed by atoms with E-state index < -0.39 is 5.91 Å². The summed E-state index contributed by atoms with van der Waals surface area (Å²) in [7, 11) is 0. The summed E-state index contributed by atoms with van der Waals surface area (Å²) < 4.78 is 11.7. The van der Waals surface area contributed by atoms with Crippen LogP contribution in [0.3, 0.4) is 0 Å². The van der Waals surface area contributed by atoms with E-state index in [0.29, 0.717) is 44.8 Å². The van der Waals surface area contributed by atoms with Gasteiger partial charge in [0.25, 0.3) is 11.1 Å². The predicted molar refractivity (Wildman–Crippen MR) is 133 cm³/mol. The van der Waals surface area contributed by atoms with E-state index in [2.05, 4.69) is 6.07 Å². The number of halogens is 1. The monoisotopic (exact) mass is 490 g/mol. The number of nitriles is 1. The second-order valence-electron chi connectivity index (χ2n) is 7.19. The molecule has 0 N–H and O–H groups in total. The number of nitrogens with zero attached hydrogens (tertiary/aromatic N) is 2. The van der Waals surface area contributed by atoms with Gasteiger partial charge in [-0.05, 0) is 66.7 Å². The number of benzene rings is 3. The van der Waals surface area contributed by atoms with Crippen molar-refractivity contribution in [2.45, 2.75) is 13.5 Å². The molecule has 1 heterocycles. The predicted octanol–water partition coefficient (Wildman–Crippen LogP) is 6.43. The molecule has 0 aromatic heterocycles. The van der Waals surface area contributed by atoms with Crippen molar-refractivity contribution < 1.29 is 19.1 Å². The van der Waals surface area contributed by atoms with E-state index in [1.807, 2.05) is 19.1 Å². The van der Waals surface area contributed by atoms with E-state index in [1.165, 1.54) is 0 Å². The molecule has 0 atom stereocenters. The maximum atomic E-state index is 12.9. The van der Waals surface area contributed by atoms with Crippen LogP contribution in [0.15, 0.2) is 71.6 Å². The van der Waals surface area contributed by atoms with E-state index in [4.69, 9.17) is 21.1 Å². The number of carbonyl (C=O) groups is 2. The molecule has 3 aromatic carbocycles. The topological polar surface area (TPSA) is 79.6 Å². The zero-order valence-electron chi connectivity index (χ0n) is 18.2. The van der Waals surface area contributed by atoms with Crippen molar-refractivity contribution in [1.29, 1.82) is 5.26 Å². The lowest BCUT2D eigenvalue weighted by molar-refractivity contribution is -0.113. The number of ether oxygens (including phenoxy) is 2. The molecule has 0 bridgehead atoms. The molecule has 4 rings (SSSR count). The van der Waals surface area contributed by atoms with Gasteiger partial charge < -0.3 is 9.47 Å². The molecule has 0 radical (unpaired) electrons. The van der Waals surface area contributed by atoms with Gasteiger partial charge in [-0.1, -0.05) is 41.9 Å². The van der Waals surface area contributed by atoms with Crippen LogP contribution in [0.5, 0.6) is 11.5 Å². The molecule has 0 saturated carbocycles. The minimum absolute atomic E-state index is 0.210. The van der Waals surface area contributed by atoms with Crippen LogP contribution in [0.1, 0.15) is 23.6 Å². The molecule has 6 nitrogen and oxygen atoms in total. The van der Waals surface area contributed by atoms with Gasteiger partial charge in [0.1, 0.15) is 6.61 Å². The van der Waals surface area contributed by atoms with Crippen LogP contribution in [-0.4, -0.2) is 17.8 Å². The summed E-state index contributed by atoms with van der Waals surface area (Å²) in [6.07, 6.45) is 1.65. The average Bonchev–Trinajstić information content (AvgIpc) is 3.11. The van der Waals surface area contributed by atoms with Crippen molar-refractivity contribution in [2.24, 2.45) is 0 Å². The normalized spacial score (nSPS) is 14.4. The molecule has 2 amide bonds. The molecule has 1 aliphatic rings. The van der Waals surface area contributed by atoms with E-state index in [9.17, 15) is 14.9 Å². The van der Waals surface area contributed by atoms with Crippen molar-refractivity contribution in [1.82, 2.24) is 0 Å². The molecular weight excluding hydrogens is 472 g/mol. The van der Waals surface area contributed by atoms with E-state index in [0.717, 1.165) is 22.2 Å². The summed E-state index contributed by atoms with van der Waals surface area (Å²) in [4.78, 5) is 26.8. The minimum Gasteiger partial charge on any atom is -0.490 e. The number of amides is 2. The van der Waals surface area contributed by atoms with E-state index >= 15 is 0 Å². The van der Waals surface area contributed by atoms with Gasteiger partial charge in [0.05, 0.1) is 28.8 Å². The van der Waals surface area contributed by atoms with Crippen molar-refractivity contribution in [3.63, 3.8) is 0 Å². The summed E-state index contributed by atoms with van der Waals surface area (Å²) in [5.41, 5.74) is 2.43. The number of rotatable bonds is 7. The summed E-state index contributed by atoms with van der Waals surface area (Å²) in [5, 5.41) is 9.32. The van der Waals surface area contributed by atoms with Crippen molar-refractivity contribution >= 4 is 46.3 Å². The van der Waals surface area contributed by atoms with Crippen molar-refractivity contribution in [2.75, 3.05) is 11.5 Å². The molecule has 0 spiro atoms. The minimum atomic E-state index is -0.413. The molecule has 1 aliphatic heterocycles. The Bertz CT molecular complexity index is 1330. The van der Waals surface area contributed by atoms with Crippen LogP contribution in [0.25, 0.3) is 6.08 Å². The lowest BCUT2D eigenvalue weighted by atomic mass is 10.1. The Morgan fingerprint density at radius 3 is 2.62 bits per heavy atom. The highest BCUT2D eigenvalue weighted by Gasteiger charge is 2.36. The van der Waals surface area contributed by atoms with Gasteiger partial charge in [-0.15, -0.1) is 0 Å². The quantitative estimate of drug-likeness (QED) is 0.355. The number of hydrogen-bond donors (Lipinski definition) is 0. The molecule has 3 aromatic rings. The zero-order valence-corrected chi connectivity index (χ0v) is 19.7. The maximum absolute atomic E-state index is 12.9. The second kappa shape index (κ2) is 10.5. The SMILES string of the molecule is CCOc1cc(/C=C2\SC(=O)N(c3cccc(Cl)c3)C2=O)ccc1OCc1ccccc1C#N. The van der Waals surface area contributed by atoms with Gasteiger partial charge in [0.2, 0.25) is 0 Å². The summed E-state index contributed by atoms with van der Waals surface area (Å²) >= 11 is 6.88. The van der Waals surface area contributed by atoms with Crippen LogP contribution >= 0.6 is 23.4 Å². The fourth-order valence-electron chi connectivity index (χ4n) is 3.37. The van der Waals surface area contributed by atoms with Gasteiger partial charge in [-0.2, -0.15) is 5.26 Å². The maximum Gasteiger partial charge on any atom is 0.298 e. The Morgan fingerprint density at radius 2 is 1.85 bits per heavy atom. The molecule has 1 fully saturated rings. The lowest BCUT2D eigenvalue weighted by Gasteiger charge is -2.13. The lowest BCUT2D eigenvalue weighted by Crippen LogP contribution is -2.27. The highest BCUT2D eigenvalue weighted by Crippen LogP contribution is 2.37. The third-order valence-corrected chi connectivity index (χ3v) is 6.05. The first-order valence-corrected chi connectivity index (χ1v) is 11.6. The van der Waals surface area contributed by atoms with Crippen LogP contribution in [-0.2, 0) is 11.4 Å². The Balaban J connectivity index is 1.57. The van der Waals surface area contributed by atoms with Crippen molar-refractivity contribution in [3.05, 3.63) is 93.3 Å². The molecule has 34 heavy (non-hydrogen) atoms. The fourth-order valence-corrected chi connectivity index (χ4v) is 4.40. The summed E-state index contributed by atoms with van der Waals surface area (Å²) in [5.74, 6) is 0.599. The number of imide groups is 1. The number of thioether (sulfide) groups is 1. The van der Waals surface area contributed by atoms with Crippen LogP contribution in [0.4, 0.5) is 10.5 Å². The number of hydrogen-bond acceptors (Lipinski definition) is 6. The van der Waals surface area contributed by atoms with E-state index in [-0.39, 0.29) is 11.8 Å². The molecule has 0 aliphatic carbocycles. The summed E-state index contributed by atoms with van der Waals surface area (Å²) in [6.45, 7) is 2.49. The largest absolute Gasteiger partial charge is 0.490 e. The van der Waals surface area contributed by atoms with E-state index in [1.54, 1.807) is 60.7 Å². The Hall–Kier alpha value is -3.73. The first-order valence-electron chi connectivity index (χ1n) is 10.4.